The van der Waals surface area contributed by atoms with E-state index in [1.807, 2.05) is 0 Å². The molecule has 0 bridgehead atoms. The van der Waals surface area contributed by atoms with Gasteiger partial charge < -0.3 is 15.6 Å². The maximum absolute atomic E-state index is 11.6. The van der Waals surface area contributed by atoms with E-state index in [-0.39, 0.29) is 18.9 Å². The average Bonchev–Trinajstić information content (AvgIpc) is 2.36. The zero-order valence-corrected chi connectivity index (χ0v) is 11.7. The van der Waals surface area contributed by atoms with Crippen molar-refractivity contribution in [1.29, 1.82) is 0 Å². The number of aliphatic hydroxyl groups is 1. The van der Waals surface area contributed by atoms with Crippen LogP contribution in [-0.2, 0) is 10.0 Å². The summed E-state index contributed by atoms with van der Waals surface area (Å²) >= 11 is 0. The molecule has 0 aliphatic carbocycles. The third-order valence-corrected chi connectivity index (χ3v) is 3.80. The molecule has 6 nitrogen and oxygen atoms in total. The molecule has 1 rings (SSSR count). The van der Waals surface area contributed by atoms with Gasteiger partial charge >= 0.3 is 0 Å². The number of sulfonamides is 1. The van der Waals surface area contributed by atoms with Gasteiger partial charge in [0.2, 0.25) is 10.0 Å². The van der Waals surface area contributed by atoms with Crippen LogP contribution in [0.15, 0.2) is 24.3 Å². The molecule has 1 unspecified atom stereocenters. The molecule has 0 heterocycles. The highest BCUT2D eigenvalue weighted by molar-refractivity contribution is 7.89. The lowest BCUT2D eigenvalue weighted by molar-refractivity contribution is 0.174. The number of rotatable bonds is 8. The molecule has 0 aliphatic heterocycles. The molecule has 0 fully saturated rings. The van der Waals surface area contributed by atoms with Crippen molar-refractivity contribution in [2.45, 2.75) is 19.4 Å². The van der Waals surface area contributed by atoms with Crippen LogP contribution in [0.3, 0.4) is 0 Å². The van der Waals surface area contributed by atoms with E-state index in [1.54, 1.807) is 31.2 Å². The number of anilines is 1. The van der Waals surface area contributed by atoms with Gasteiger partial charge in [-0.3, -0.25) is 0 Å². The SMILES string of the molecule is CCC(O)CNS(=O)(=O)CCOc1cccc(N)c1. The third-order valence-electron chi connectivity index (χ3n) is 2.49. The fourth-order valence-electron chi connectivity index (χ4n) is 1.31. The Bertz CT molecular complexity index is 490. The normalized spacial score (nSPS) is 13.2. The highest BCUT2D eigenvalue weighted by Crippen LogP contribution is 2.14. The van der Waals surface area contributed by atoms with Crippen LogP contribution in [0.2, 0.25) is 0 Å². The summed E-state index contributed by atoms with van der Waals surface area (Å²) in [6.45, 7) is 1.83. The molecule has 4 N–H and O–H groups in total. The molecule has 0 saturated carbocycles. The Morgan fingerprint density at radius 3 is 2.84 bits per heavy atom. The molecule has 0 aliphatic rings. The van der Waals surface area contributed by atoms with Crippen molar-refractivity contribution in [1.82, 2.24) is 4.72 Å². The van der Waals surface area contributed by atoms with Crippen molar-refractivity contribution in [2.75, 3.05) is 24.6 Å². The smallest absolute Gasteiger partial charge is 0.215 e. The first-order valence-corrected chi connectivity index (χ1v) is 7.72. The number of benzene rings is 1. The number of hydrogen-bond donors (Lipinski definition) is 3. The van der Waals surface area contributed by atoms with Gasteiger partial charge in [0.15, 0.2) is 0 Å². The van der Waals surface area contributed by atoms with E-state index in [4.69, 9.17) is 10.5 Å². The fourth-order valence-corrected chi connectivity index (χ4v) is 2.21. The van der Waals surface area contributed by atoms with Crippen molar-refractivity contribution in [3.63, 3.8) is 0 Å². The Labute approximate surface area is 113 Å². The quantitative estimate of drug-likeness (QED) is 0.599. The molecule has 1 atom stereocenters. The molecule has 1 aromatic carbocycles. The second-order valence-electron chi connectivity index (χ2n) is 4.15. The molecule has 1 aromatic rings. The van der Waals surface area contributed by atoms with E-state index < -0.39 is 16.1 Å². The van der Waals surface area contributed by atoms with Gasteiger partial charge in [0.1, 0.15) is 12.4 Å². The lowest BCUT2D eigenvalue weighted by Gasteiger charge is -2.11. The van der Waals surface area contributed by atoms with Crippen molar-refractivity contribution in [3.8, 4) is 5.75 Å². The number of nitrogens with two attached hydrogens (primary N) is 1. The van der Waals surface area contributed by atoms with Crippen molar-refractivity contribution >= 4 is 15.7 Å². The zero-order valence-electron chi connectivity index (χ0n) is 10.9. The molecule has 7 heteroatoms. The Hall–Kier alpha value is -1.31. The first-order valence-electron chi connectivity index (χ1n) is 6.06. The average molecular weight is 288 g/mol. The van der Waals surface area contributed by atoms with E-state index in [2.05, 4.69) is 4.72 Å². The Morgan fingerprint density at radius 2 is 2.21 bits per heavy atom. The summed E-state index contributed by atoms with van der Waals surface area (Å²) in [4.78, 5) is 0. The highest BCUT2D eigenvalue weighted by atomic mass is 32.2. The largest absolute Gasteiger partial charge is 0.492 e. The Kier molecular flexibility index (Phi) is 6.07. The van der Waals surface area contributed by atoms with E-state index >= 15 is 0 Å². The molecule has 0 saturated heterocycles. The third kappa shape index (κ3) is 6.42. The number of ether oxygens (including phenoxy) is 1. The van der Waals surface area contributed by atoms with E-state index in [0.717, 1.165) is 0 Å². The fraction of sp³-hybridized carbons (Fsp3) is 0.500. The summed E-state index contributed by atoms with van der Waals surface area (Å²) in [6, 6.07) is 6.78. The summed E-state index contributed by atoms with van der Waals surface area (Å²) in [5.74, 6) is 0.363. The first-order chi connectivity index (χ1) is 8.93. The predicted octanol–water partition coefficient (Wildman–Crippen LogP) is 0.338. The zero-order chi connectivity index (χ0) is 14.3. The minimum absolute atomic E-state index is 0.0249. The van der Waals surface area contributed by atoms with Crippen molar-refractivity contribution in [3.05, 3.63) is 24.3 Å². The van der Waals surface area contributed by atoms with Crippen molar-refractivity contribution in [2.24, 2.45) is 0 Å². The van der Waals surface area contributed by atoms with Crippen LogP contribution >= 0.6 is 0 Å². The molecular formula is C12H20N2O4S. The summed E-state index contributed by atoms with van der Waals surface area (Å²) in [7, 11) is -3.43. The summed E-state index contributed by atoms with van der Waals surface area (Å²) in [5, 5.41) is 9.28. The van der Waals surface area contributed by atoms with Gasteiger partial charge in [0.25, 0.3) is 0 Å². The number of nitrogen functional groups attached to an aromatic ring is 1. The maximum atomic E-state index is 11.6. The summed E-state index contributed by atoms with van der Waals surface area (Å²) in [5.41, 5.74) is 6.13. The van der Waals surface area contributed by atoms with Crippen molar-refractivity contribution < 1.29 is 18.3 Å². The molecule has 0 spiro atoms. The minimum atomic E-state index is -3.43. The lowest BCUT2D eigenvalue weighted by atomic mass is 10.3. The topological polar surface area (TPSA) is 102 Å². The van der Waals surface area contributed by atoms with Crippen LogP contribution < -0.4 is 15.2 Å². The van der Waals surface area contributed by atoms with E-state index in [9.17, 15) is 13.5 Å². The molecular weight excluding hydrogens is 268 g/mol. The Balaban J connectivity index is 2.35. The predicted molar refractivity (Wildman–Crippen MR) is 74.4 cm³/mol. The molecule has 108 valence electrons. The monoisotopic (exact) mass is 288 g/mol. The van der Waals surface area contributed by atoms with Gasteiger partial charge in [-0.1, -0.05) is 13.0 Å². The van der Waals surface area contributed by atoms with Gasteiger partial charge in [0.05, 0.1) is 11.9 Å². The van der Waals surface area contributed by atoms with Gasteiger partial charge in [-0.2, -0.15) is 0 Å². The second kappa shape index (κ2) is 7.32. The Morgan fingerprint density at radius 1 is 1.47 bits per heavy atom. The first kappa shape index (κ1) is 15.7. The van der Waals surface area contributed by atoms with Gasteiger partial charge in [-0.25, -0.2) is 13.1 Å². The van der Waals surface area contributed by atoms with Crippen LogP contribution in [0.25, 0.3) is 0 Å². The van der Waals surface area contributed by atoms with Gasteiger partial charge in [-0.15, -0.1) is 0 Å². The van der Waals surface area contributed by atoms with Gasteiger partial charge in [-0.05, 0) is 18.6 Å². The number of nitrogens with one attached hydrogen (secondary N) is 1. The second-order valence-corrected chi connectivity index (χ2v) is 6.08. The number of hydrogen-bond acceptors (Lipinski definition) is 5. The summed E-state index contributed by atoms with van der Waals surface area (Å²) < 4.78 is 30.8. The standard InChI is InChI=1S/C12H20N2O4S/c1-2-11(15)9-14-19(16,17)7-6-18-12-5-3-4-10(13)8-12/h3-5,8,11,14-15H,2,6-7,9,13H2,1H3. The minimum Gasteiger partial charge on any atom is -0.492 e. The molecule has 0 radical (unpaired) electrons. The van der Waals surface area contributed by atoms with Crippen LogP contribution in [0, 0.1) is 0 Å². The van der Waals surface area contributed by atoms with Crippen LogP contribution in [0.1, 0.15) is 13.3 Å². The summed E-state index contributed by atoms with van der Waals surface area (Å²) in [6.07, 6.45) is -0.160. The van der Waals surface area contributed by atoms with Crippen LogP contribution in [0.5, 0.6) is 5.75 Å². The van der Waals surface area contributed by atoms with E-state index in [1.165, 1.54) is 0 Å². The highest BCUT2D eigenvalue weighted by Gasteiger charge is 2.12. The molecule has 0 aromatic heterocycles. The molecule has 19 heavy (non-hydrogen) atoms. The van der Waals surface area contributed by atoms with Crippen LogP contribution in [0.4, 0.5) is 5.69 Å². The maximum Gasteiger partial charge on any atom is 0.215 e. The lowest BCUT2D eigenvalue weighted by Crippen LogP contribution is -2.34. The van der Waals surface area contributed by atoms with E-state index in [0.29, 0.717) is 17.9 Å². The van der Waals surface area contributed by atoms with Gasteiger partial charge in [0, 0.05) is 18.3 Å². The molecule has 0 amide bonds. The number of aliphatic hydroxyl groups excluding tert-OH is 1. The van der Waals surface area contributed by atoms with Crippen LogP contribution in [-0.4, -0.2) is 38.5 Å².